The van der Waals surface area contributed by atoms with Gasteiger partial charge >= 0.3 is 0 Å². The van der Waals surface area contributed by atoms with Crippen LogP contribution in [0.2, 0.25) is 0 Å². The molecule has 0 saturated heterocycles. The molecule has 0 unspecified atom stereocenters. The maximum Gasteiger partial charge on any atom is 0.0716 e. The molecule has 0 heterocycles. The molecule has 0 N–H and O–H groups in total. The quantitative estimate of drug-likeness (QED) is 0.0744. The molecule has 0 fully saturated rings. The first-order chi connectivity index (χ1) is 18.8. The summed E-state index contributed by atoms with van der Waals surface area (Å²) in [7, 11) is 0. The molecule has 1 rings (SSSR count). The molecule has 0 aliphatic rings. The molecule has 1 aromatic rings. The summed E-state index contributed by atoms with van der Waals surface area (Å²) in [5, 5.41) is 0. The Morgan fingerprint density at radius 2 is 1.00 bits per heavy atom. The zero-order chi connectivity index (χ0) is 27.2. The second kappa shape index (κ2) is 28.9. The Kier molecular flexibility index (Phi) is 26.6. The van der Waals surface area contributed by atoms with Crippen molar-refractivity contribution in [3.8, 4) is 0 Å². The SMILES string of the molecule is CCCCCCCCCCCCCCCC/C=C\CCCCCCCC[C@H](C)CCOCc1ccccc1. The summed E-state index contributed by atoms with van der Waals surface area (Å²) in [4.78, 5) is 0. The molecule has 1 heteroatoms. The van der Waals surface area contributed by atoms with Crippen molar-refractivity contribution >= 4 is 0 Å². The molecule has 38 heavy (non-hydrogen) atoms. The van der Waals surface area contributed by atoms with Gasteiger partial charge in [-0.15, -0.1) is 0 Å². The zero-order valence-electron chi connectivity index (χ0n) is 25.9. The lowest BCUT2D eigenvalue weighted by Gasteiger charge is -2.11. The third-order valence-corrected chi connectivity index (χ3v) is 8.08. The molecule has 0 amide bonds. The summed E-state index contributed by atoms with van der Waals surface area (Å²) >= 11 is 0. The lowest BCUT2D eigenvalue weighted by atomic mass is 9.99. The van der Waals surface area contributed by atoms with Gasteiger partial charge in [0.15, 0.2) is 0 Å². The van der Waals surface area contributed by atoms with E-state index in [4.69, 9.17) is 4.74 Å². The van der Waals surface area contributed by atoms with E-state index >= 15 is 0 Å². The number of unbranched alkanes of at least 4 members (excludes halogenated alkanes) is 20. The maximum absolute atomic E-state index is 5.84. The Balaban J connectivity index is 1.71. The topological polar surface area (TPSA) is 9.23 Å². The third-order valence-electron chi connectivity index (χ3n) is 8.08. The summed E-state index contributed by atoms with van der Waals surface area (Å²) in [6.45, 7) is 6.33. The van der Waals surface area contributed by atoms with Crippen molar-refractivity contribution in [1.29, 1.82) is 0 Å². The van der Waals surface area contributed by atoms with Gasteiger partial charge in [-0.1, -0.05) is 178 Å². The van der Waals surface area contributed by atoms with Crippen LogP contribution in [0.4, 0.5) is 0 Å². The van der Waals surface area contributed by atoms with E-state index in [2.05, 4.69) is 56.3 Å². The first-order valence-electron chi connectivity index (χ1n) is 17.1. The molecule has 0 aromatic heterocycles. The predicted molar refractivity (Wildman–Crippen MR) is 171 cm³/mol. The van der Waals surface area contributed by atoms with Crippen molar-refractivity contribution < 1.29 is 4.74 Å². The van der Waals surface area contributed by atoms with Crippen molar-refractivity contribution in [2.24, 2.45) is 5.92 Å². The van der Waals surface area contributed by atoms with Crippen molar-refractivity contribution in [1.82, 2.24) is 0 Å². The monoisotopic (exact) mass is 527 g/mol. The Bertz CT molecular complexity index is 592. The molecule has 0 bridgehead atoms. The van der Waals surface area contributed by atoms with Crippen LogP contribution in [0, 0.1) is 5.92 Å². The first kappa shape index (κ1) is 34.9. The van der Waals surface area contributed by atoms with E-state index in [1.165, 1.54) is 160 Å². The number of benzene rings is 1. The van der Waals surface area contributed by atoms with Crippen molar-refractivity contribution in [3.05, 3.63) is 48.0 Å². The highest BCUT2D eigenvalue weighted by molar-refractivity contribution is 5.13. The van der Waals surface area contributed by atoms with E-state index in [0.717, 1.165) is 19.1 Å². The van der Waals surface area contributed by atoms with Gasteiger partial charge in [0, 0.05) is 6.61 Å². The Hall–Kier alpha value is -1.08. The Morgan fingerprint density at radius 1 is 0.553 bits per heavy atom. The molecule has 220 valence electrons. The van der Waals surface area contributed by atoms with Gasteiger partial charge in [-0.3, -0.25) is 0 Å². The fourth-order valence-corrected chi connectivity index (χ4v) is 5.35. The average molecular weight is 527 g/mol. The Morgan fingerprint density at radius 3 is 1.50 bits per heavy atom. The van der Waals surface area contributed by atoms with E-state index < -0.39 is 0 Å². The number of rotatable bonds is 29. The highest BCUT2D eigenvalue weighted by atomic mass is 16.5. The molecule has 1 nitrogen and oxygen atoms in total. The highest BCUT2D eigenvalue weighted by Gasteiger charge is 2.02. The molecule has 0 aliphatic carbocycles. The highest BCUT2D eigenvalue weighted by Crippen LogP contribution is 2.16. The second-order valence-electron chi connectivity index (χ2n) is 12.0. The van der Waals surface area contributed by atoms with Gasteiger partial charge in [-0.2, -0.15) is 0 Å². The van der Waals surface area contributed by atoms with Gasteiger partial charge in [0.2, 0.25) is 0 Å². The van der Waals surface area contributed by atoms with Gasteiger partial charge in [0.1, 0.15) is 0 Å². The van der Waals surface area contributed by atoms with Crippen LogP contribution in [-0.2, 0) is 11.3 Å². The van der Waals surface area contributed by atoms with Crippen molar-refractivity contribution in [2.45, 2.75) is 175 Å². The number of hydrogen-bond acceptors (Lipinski definition) is 1. The van der Waals surface area contributed by atoms with Crippen LogP contribution < -0.4 is 0 Å². The average Bonchev–Trinajstić information content (AvgIpc) is 2.94. The van der Waals surface area contributed by atoms with Gasteiger partial charge in [0.25, 0.3) is 0 Å². The number of ether oxygens (including phenoxy) is 1. The fourth-order valence-electron chi connectivity index (χ4n) is 5.35. The lowest BCUT2D eigenvalue weighted by Crippen LogP contribution is -2.02. The fraction of sp³-hybridized carbons (Fsp3) is 0.784. The molecule has 0 radical (unpaired) electrons. The standard InChI is InChI=1S/C37H66O/c1-3-4-5-6-7-8-9-10-11-12-13-14-15-16-17-18-19-20-21-22-23-24-25-27-30-36(2)33-34-38-35-37-31-28-26-29-32-37/h18-19,26,28-29,31-32,36H,3-17,20-25,27,30,33-35H2,1-2H3/b19-18-/t36-/m0/s1. The largest absolute Gasteiger partial charge is 0.377 e. The summed E-state index contributed by atoms with van der Waals surface area (Å²) in [5.41, 5.74) is 1.28. The summed E-state index contributed by atoms with van der Waals surface area (Å²) in [6, 6.07) is 10.5. The summed E-state index contributed by atoms with van der Waals surface area (Å²) < 4.78 is 5.84. The van der Waals surface area contributed by atoms with E-state index in [-0.39, 0.29) is 0 Å². The smallest absolute Gasteiger partial charge is 0.0716 e. The van der Waals surface area contributed by atoms with Crippen molar-refractivity contribution in [3.63, 3.8) is 0 Å². The van der Waals surface area contributed by atoms with Crippen LogP contribution in [-0.4, -0.2) is 6.61 Å². The van der Waals surface area contributed by atoms with Crippen LogP contribution >= 0.6 is 0 Å². The Labute approximate surface area is 239 Å². The van der Waals surface area contributed by atoms with Crippen molar-refractivity contribution in [2.75, 3.05) is 6.61 Å². The number of allylic oxidation sites excluding steroid dienone is 2. The van der Waals surface area contributed by atoms with Gasteiger partial charge in [0.05, 0.1) is 6.61 Å². The first-order valence-corrected chi connectivity index (χ1v) is 17.1. The molecular weight excluding hydrogens is 460 g/mol. The van der Waals surface area contributed by atoms with E-state index in [0.29, 0.717) is 0 Å². The van der Waals surface area contributed by atoms with Crippen LogP contribution in [0.25, 0.3) is 0 Å². The van der Waals surface area contributed by atoms with Gasteiger partial charge in [-0.25, -0.2) is 0 Å². The van der Waals surface area contributed by atoms with Crippen LogP contribution in [0.5, 0.6) is 0 Å². The van der Waals surface area contributed by atoms with Crippen LogP contribution in [0.15, 0.2) is 42.5 Å². The predicted octanol–water partition coefficient (Wildman–Crippen LogP) is 12.8. The van der Waals surface area contributed by atoms with Crippen LogP contribution in [0.1, 0.15) is 174 Å². The second-order valence-corrected chi connectivity index (χ2v) is 12.0. The van der Waals surface area contributed by atoms with Gasteiger partial charge < -0.3 is 4.74 Å². The summed E-state index contributed by atoms with van der Waals surface area (Å²) in [6.07, 6.45) is 38.8. The van der Waals surface area contributed by atoms with E-state index in [1.54, 1.807) is 0 Å². The minimum atomic E-state index is 0.752. The van der Waals surface area contributed by atoms with Gasteiger partial charge in [-0.05, 0) is 43.6 Å². The molecule has 0 saturated carbocycles. The molecular formula is C37H66O. The van der Waals surface area contributed by atoms with Crippen LogP contribution in [0.3, 0.4) is 0 Å². The lowest BCUT2D eigenvalue weighted by molar-refractivity contribution is 0.108. The maximum atomic E-state index is 5.84. The van der Waals surface area contributed by atoms with E-state index in [9.17, 15) is 0 Å². The molecule has 1 aromatic carbocycles. The van der Waals surface area contributed by atoms with E-state index in [1.807, 2.05) is 0 Å². The molecule has 0 spiro atoms. The molecule has 0 aliphatic heterocycles. The summed E-state index contributed by atoms with van der Waals surface area (Å²) in [5.74, 6) is 0.788. The minimum absolute atomic E-state index is 0.752. The zero-order valence-corrected chi connectivity index (χ0v) is 25.9. The third kappa shape index (κ3) is 25.2. The normalized spacial score (nSPS) is 12.5. The molecule has 1 atom stereocenters. The number of hydrogen-bond donors (Lipinski definition) is 0. The minimum Gasteiger partial charge on any atom is -0.377 e.